The van der Waals surface area contributed by atoms with Gasteiger partial charge in [-0.05, 0) is 24.1 Å². The van der Waals surface area contributed by atoms with E-state index < -0.39 is 0 Å². The van der Waals surface area contributed by atoms with E-state index in [0.29, 0.717) is 6.04 Å². The maximum absolute atomic E-state index is 4.69. The van der Waals surface area contributed by atoms with Crippen LogP contribution in [-0.4, -0.2) is 49.2 Å². The largest absolute Gasteiger partial charge is 0.372 e. The number of nitrogens with zero attached hydrogens (tertiary/aromatic N) is 4. The second kappa shape index (κ2) is 6.20. The Morgan fingerprint density at radius 2 is 1.91 bits per heavy atom. The molecule has 2 aliphatic heterocycles. The molecule has 1 fully saturated rings. The molecule has 23 heavy (non-hydrogen) atoms. The molecule has 120 valence electrons. The standard InChI is InChI=1S/C19H24N4/c1-21-11-9-17-15-22(14-16-6-3-2-4-7-16)12-13-23(17)19-18(21)8-5-10-20-19/h2-8,10,17H,9,11-15H2,1H3. The average Bonchev–Trinajstić information content (AvgIpc) is 2.74. The summed E-state index contributed by atoms with van der Waals surface area (Å²) < 4.78 is 0. The Labute approximate surface area is 138 Å². The molecule has 4 nitrogen and oxygen atoms in total. The smallest absolute Gasteiger partial charge is 0.152 e. The van der Waals surface area contributed by atoms with E-state index in [9.17, 15) is 0 Å². The first-order chi connectivity index (χ1) is 11.3. The molecule has 0 saturated carbocycles. The van der Waals surface area contributed by atoms with Crippen molar-refractivity contribution in [3.63, 3.8) is 0 Å². The lowest BCUT2D eigenvalue weighted by atomic mass is 10.1. The number of rotatable bonds is 2. The second-order valence-corrected chi connectivity index (χ2v) is 6.62. The van der Waals surface area contributed by atoms with Gasteiger partial charge >= 0.3 is 0 Å². The zero-order valence-corrected chi connectivity index (χ0v) is 13.7. The molecule has 0 bridgehead atoms. The van der Waals surface area contributed by atoms with Gasteiger partial charge in [-0.15, -0.1) is 0 Å². The summed E-state index contributed by atoms with van der Waals surface area (Å²) in [6.45, 7) is 5.44. The Morgan fingerprint density at radius 3 is 2.78 bits per heavy atom. The summed E-state index contributed by atoms with van der Waals surface area (Å²) in [6, 6.07) is 15.6. The van der Waals surface area contributed by atoms with Gasteiger partial charge in [-0.25, -0.2) is 4.98 Å². The summed E-state index contributed by atoms with van der Waals surface area (Å²) in [5.41, 5.74) is 2.68. The van der Waals surface area contributed by atoms with Gasteiger partial charge in [0.2, 0.25) is 0 Å². The van der Waals surface area contributed by atoms with E-state index >= 15 is 0 Å². The van der Waals surface area contributed by atoms with Gasteiger partial charge in [-0.1, -0.05) is 30.3 Å². The fraction of sp³-hybridized carbons (Fsp3) is 0.421. The second-order valence-electron chi connectivity index (χ2n) is 6.62. The van der Waals surface area contributed by atoms with Gasteiger partial charge in [0, 0.05) is 52.0 Å². The lowest BCUT2D eigenvalue weighted by Crippen LogP contribution is -2.53. The van der Waals surface area contributed by atoms with Gasteiger partial charge in [0.25, 0.3) is 0 Å². The molecule has 1 aromatic carbocycles. The molecule has 0 aliphatic carbocycles. The summed E-state index contributed by atoms with van der Waals surface area (Å²) in [5.74, 6) is 1.16. The van der Waals surface area contributed by atoms with Gasteiger partial charge in [0.1, 0.15) is 0 Å². The first-order valence-corrected chi connectivity index (χ1v) is 8.50. The Bertz CT molecular complexity index is 657. The van der Waals surface area contributed by atoms with Crippen molar-refractivity contribution in [1.82, 2.24) is 9.88 Å². The number of fused-ring (bicyclic) bond motifs is 3. The summed E-state index contributed by atoms with van der Waals surface area (Å²) in [6.07, 6.45) is 3.11. The van der Waals surface area contributed by atoms with Gasteiger partial charge in [0.15, 0.2) is 5.82 Å². The summed E-state index contributed by atoms with van der Waals surface area (Å²) >= 11 is 0. The molecule has 1 atom stereocenters. The summed E-state index contributed by atoms with van der Waals surface area (Å²) in [5, 5.41) is 0. The first-order valence-electron chi connectivity index (χ1n) is 8.50. The van der Waals surface area contributed by atoms with Crippen LogP contribution in [0.1, 0.15) is 12.0 Å². The Hall–Kier alpha value is -2.07. The van der Waals surface area contributed by atoms with Crippen LogP contribution in [0.2, 0.25) is 0 Å². The molecular formula is C19H24N4. The van der Waals surface area contributed by atoms with Crippen LogP contribution in [0.5, 0.6) is 0 Å². The highest BCUT2D eigenvalue weighted by Gasteiger charge is 2.32. The number of hydrogen-bond acceptors (Lipinski definition) is 4. The normalized spacial score (nSPS) is 21.5. The zero-order valence-electron chi connectivity index (χ0n) is 13.7. The number of benzene rings is 1. The van der Waals surface area contributed by atoms with Crippen molar-refractivity contribution in [2.75, 3.05) is 43.0 Å². The molecule has 3 heterocycles. The zero-order chi connectivity index (χ0) is 15.6. The first kappa shape index (κ1) is 14.5. The van der Waals surface area contributed by atoms with Crippen molar-refractivity contribution >= 4 is 11.5 Å². The van der Waals surface area contributed by atoms with Crippen molar-refractivity contribution in [2.24, 2.45) is 0 Å². The predicted octanol–water partition coefficient (Wildman–Crippen LogP) is 2.61. The number of pyridine rings is 1. The van der Waals surface area contributed by atoms with E-state index in [0.717, 1.165) is 38.5 Å². The molecule has 1 saturated heterocycles. The highest BCUT2D eigenvalue weighted by Crippen LogP contribution is 2.33. The van der Waals surface area contributed by atoms with Crippen LogP contribution < -0.4 is 9.80 Å². The average molecular weight is 308 g/mol. The molecule has 2 aliphatic rings. The third kappa shape index (κ3) is 2.91. The number of hydrogen-bond donors (Lipinski definition) is 0. The maximum Gasteiger partial charge on any atom is 0.152 e. The molecule has 4 heteroatoms. The van der Waals surface area contributed by atoms with Crippen LogP contribution in [0.4, 0.5) is 11.5 Å². The van der Waals surface area contributed by atoms with Crippen LogP contribution in [0, 0.1) is 0 Å². The minimum absolute atomic E-state index is 0.561. The van der Waals surface area contributed by atoms with E-state index in [1.54, 1.807) is 0 Å². The lowest BCUT2D eigenvalue weighted by molar-refractivity contribution is 0.211. The molecular weight excluding hydrogens is 284 g/mol. The van der Waals surface area contributed by atoms with Crippen molar-refractivity contribution in [3.8, 4) is 0 Å². The third-order valence-electron chi connectivity index (χ3n) is 5.06. The van der Waals surface area contributed by atoms with Crippen LogP contribution in [0.15, 0.2) is 48.7 Å². The summed E-state index contributed by atoms with van der Waals surface area (Å²) in [7, 11) is 2.18. The SMILES string of the molecule is CN1CCC2CN(Cc3ccccc3)CCN2c2ncccc21. The van der Waals surface area contributed by atoms with Crippen LogP contribution >= 0.6 is 0 Å². The Morgan fingerprint density at radius 1 is 1.04 bits per heavy atom. The van der Waals surface area contributed by atoms with Crippen molar-refractivity contribution in [2.45, 2.75) is 19.0 Å². The third-order valence-corrected chi connectivity index (χ3v) is 5.06. The van der Waals surface area contributed by atoms with Crippen LogP contribution in [0.25, 0.3) is 0 Å². The Balaban J connectivity index is 1.53. The van der Waals surface area contributed by atoms with Gasteiger partial charge in [-0.3, -0.25) is 4.90 Å². The van der Waals surface area contributed by atoms with Crippen molar-refractivity contribution in [1.29, 1.82) is 0 Å². The molecule has 0 N–H and O–H groups in total. The fourth-order valence-electron chi connectivity index (χ4n) is 3.80. The Kier molecular flexibility index (Phi) is 3.92. The predicted molar refractivity (Wildman–Crippen MR) is 95.0 cm³/mol. The minimum atomic E-state index is 0.561. The van der Waals surface area contributed by atoms with Crippen LogP contribution in [0.3, 0.4) is 0 Å². The molecule has 1 aromatic heterocycles. The van der Waals surface area contributed by atoms with Crippen LogP contribution in [-0.2, 0) is 6.54 Å². The van der Waals surface area contributed by atoms with Gasteiger partial charge in [0.05, 0.1) is 5.69 Å². The maximum atomic E-state index is 4.69. The van der Waals surface area contributed by atoms with Gasteiger partial charge in [-0.2, -0.15) is 0 Å². The van der Waals surface area contributed by atoms with Crippen molar-refractivity contribution in [3.05, 3.63) is 54.2 Å². The van der Waals surface area contributed by atoms with Crippen molar-refractivity contribution < 1.29 is 0 Å². The van der Waals surface area contributed by atoms with E-state index in [1.807, 2.05) is 12.3 Å². The van der Waals surface area contributed by atoms with Gasteiger partial charge < -0.3 is 9.80 Å². The van der Waals surface area contributed by atoms with E-state index in [1.165, 1.54) is 17.7 Å². The minimum Gasteiger partial charge on any atom is -0.372 e. The molecule has 0 spiro atoms. The quantitative estimate of drug-likeness (QED) is 0.850. The van der Waals surface area contributed by atoms with E-state index in [-0.39, 0.29) is 0 Å². The molecule has 1 unspecified atom stereocenters. The highest BCUT2D eigenvalue weighted by molar-refractivity contribution is 5.68. The topological polar surface area (TPSA) is 22.6 Å². The lowest BCUT2D eigenvalue weighted by Gasteiger charge is -2.41. The number of anilines is 2. The molecule has 0 radical (unpaired) electrons. The molecule has 2 aromatic rings. The monoisotopic (exact) mass is 308 g/mol. The molecule has 4 rings (SSSR count). The molecule has 0 amide bonds. The summed E-state index contributed by atoms with van der Waals surface area (Å²) in [4.78, 5) is 12.2. The fourth-order valence-corrected chi connectivity index (χ4v) is 3.80. The number of piperazine rings is 1. The van der Waals surface area contributed by atoms with E-state index in [4.69, 9.17) is 0 Å². The number of aromatic nitrogens is 1. The van der Waals surface area contributed by atoms with E-state index in [2.05, 4.69) is 63.1 Å². The highest BCUT2D eigenvalue weighted by atomic mass is 15.3.